The third kappa shape index (κ3) is 2.70. The van der Waals surface area contributed by atoms with E-state index in [1.54, 1.807) is 0 Å². The summed E-state index contributed by atoms with van der Waals surface area (Å²) < 4.78 is 2.21. The predicted octanol–water partition coefficient (Wildman–Crippen LogP) is 3.88. The summed E-state index contributed by atoms with van der Waals surface area (Å²) in [6, 6.07) is 0. The standard InChI is InChI=1S/C15H27N3/c1-3-9-13-17-14(15(16)18(13)4-2)12-10-7-5-6-8-11-12/h12H,3-11,16H2,1-2H3. The average Bonchev–Trinajstić information content (AvgIpc) is 2.58. The van der Waals surface area contributed by atoms with E-state index < -0.39 is 0 Å². The Labute approximate surface area is 111 Å². The molecule has 0 aromatic carbocycles. The molecule has 0 aliphatic heterocycles. The molecule has 0 radical (unpaired) electrons. The van der Waals surface area contributed by atoms with E-state index in [1.165, 1.54) is 50.0 Å². The number of anilines is 1. The second-order valence-electron chi connectivity index (χ2n) is 5.48. The Bertz CT molecular complexity index is 373. The van der Waals surface area contributed by atoms with Gasteiger partial charge in [-0.2, -0.15) is 0 Å². The summed E-state index contributed by atoms with van der Waals surface area (Å²) >= 11 is 0. The summed E-state index contributed by atoms with van der Waals surface area (Å²) in [6.45, 7) is 5.31. The van der Waals surface area contributed by atoms with E-state index in [0.717, 1.165) is 25.2 Å². The number of rotatable bonds is 4. The first-order valence-corrected chi connectivity index (χ1v) is 7.62. The van der Waals surface area contributed by atoms with Crippen LogP contribution in [-0.2, 0) is 13.0 Å². The van der Waals surface area contributed by atoms with Crippen LogP contribution in [0.4, 0.5) is 5.82 Å². The minimum atomic E-state index is 0.607. The Morgan fingerprint density at radius 3 is 2.39 bits per heavy atom. The van der Waals surface area contributed by atoms with Crippen molar-refractivity contribution in [3.63, 3.8) is 0 Å². The van der Waals surface area contributed by atoms with Gasteiger partial charge in [0.1, 0.15) is 11.6 Å². The minimum absolute atomic E-state index is 0.607. The van der Waals surface area contributed by atoms with E-state index in [1.807, 2.05) is 0 Å². The smallest absolute Gasteiger partial charge is 0.127 e. The maximum atomic E-state index is 6.33. The molecule has 3 heteroatoms. The van der Waals surface area contributed by atoms with E-state index in [2.05, 4.69) is 18.4 Å². The average molecular weight is 249 g/mol. The van der Waals surface area contributed by atoms with E-state index in [9.17, 15) is 0 Å². The second kappa shape index (κ2) is 6.26. The Morgan fingerprint density at radius 1 is 1.17 bits per heavy atom. The van der Waals surface area contributed by atoms with Crippen molar-refractivity contribution in [2.24, 2.45) is 0 Å². The van der Waals surface area contributed by atoms with E-state index in [-0.39, 0.29) is 0 Å². The maximum Gasteiger partial charge on any atom is 0.127 e. The molecule has 0 unspecified atom stereocenters. The molecule has 1 aliphatic rings. The van der Waals surface area contributed by atoms with Gasteiger partial charge in [0.2, 0.25) is 0 Å². The molecule has 0 spiro atoms. The zero-order valence-electron chi connectivity index (χ0n) is 11.9. The number of aromatic nitrogens is 2. The number of aryl methyl sites for hydroxylation is 1. The van der Waals surface area contributed by atoms with Crippen molar-refractivity contribution < 1.29 is 0 Å². The van der Waals surface area contributed by atoms with Crippen LogP contribution in [-0.4, -0.2) is 9.55 Å². The fraction of sp³-hybridized carbons (Fsp3) is 0.800. The normalized spacial score (nSPS) is 17.9. The number of nitrogens with zero attached hydrogens (tertiary/aromatic N) is 2. The molecular formula is C15H27N3. The third-order valence-electron chi connectivity index (χ3n) is 4.15. The van der Waals surface area contributed by atoms with Crippen LogP contribution in [0.3, 0.4) is 0 Å². The van der Waals surface area contributed by atoms with Gasteiger partial charge in [-0.3, -0.25) is 0 Å². The van der Waals surface area contributed by atoms with Gasteiger partial charge in [0.05, 0.1) is 5.69 Å². The molecule has 1 aromatic heterocycles. The van der Waals surface area contributed by atoms with Crippen molar-refractivity contribution in [3.8, 4) is 0 Å². The highest BCUT2D eigenvalue weighted by Crippen LogP contribution is 2.34. The topological polar surface area (TPSA) is 43.8 Å². The van der Waals surface area contributed by atoms with Gasteiger partial charge in [0, 0.05) is 18.9 Å². The monoisotopic (exact) mass is 249 g/mol. The minimum Gasteiger partial charge on any atom is -0.384 e. The fourth-order valence-electron chi connectivity index (χ4n) is 3.15. The lowest BCUT2D eigenvalue weighted by Crippen LogP contribution is -2.06. The van der Waals surface area contributed by atoms with Gasteiger partial charge in [0.25, 0.3) is 0 Å². The summed E-state index contributed by atoms with van der Waals surface area (Å²) in [5, 5.41) is 0. The Morgan fingerprint density at radius 2 is 1.83 bits per heavy atom. The Hall–Kier alpha value is -0.990. The van der Waals surface area contributed by atoms with Crippen molar-refractivity contribution in [3.05, 3.63) is 11.5 Å². The number of hydrogen-bond donors (Lipinski definition) is 1. The van der Waals surface area contributed by atoms with Crippen molar-refractivity contribution >= 4 is 5.82 Å². The summed E-state index contributed by atoms with van der Waals surface area (Å²) in [5.74, 6) is 2.74. The SMILES string of the molecule is CCCc1nc(C2CCCCCC2)c(N)n1CC. The quantitative estimate of drug-likeness (QED) is 0.823. The van der Waals surface area contributed by atoms with Crippen molar-refractivity contribution in [1.82, 2.24) is 9.55 Å². The van der Waals surface area contributed by atoms with Gasteiger partial charge in [-0.25, -0.2) is 4.98 Å². The molecule has 0 saturated heterocycles. The number of nitrogen functional groups attached to an aromatic ring is 1. The van der Waals surface area contributed by atoms with E-state index >= 15 is 0 Å². The first-order chi connectivity index (χ1) is 8.77. The number of nitrogens with two attached hydrogens (primary N) is 1. The van der Waals surface area contributed by atoms with E-state index in [0.29, 0.717) is 5.92 Å². The second-order valence-corrected chi connectivity index (χ2v) is 5.48. The lowest BCUT2D eigenvalue weighted by molar-refractivity contribution is 0.580. The summed E-state index contributed by atoms with van der Waals surface area (Å²) in [5.41, 5.74) is 7.52. The predicted molar refractivity (Wildman–Crippen MR) is 76.8 cm³/mol. The molecule has 1 fully saturated rings. The highest BCUT2D eigenvalue weighted by atomic mass is 15.1. The zero-order chi connectivity index (χ0) is 13.0. The van der Waals surface area contributed by atoms with Crippen molar-refractivity contribution in [2.45, 2.75) is 77.7 Å². The summed E-state index contributed by atoms with van der Waals surface area (Å²) in [4.78, 5) is 4.87. The molecule has 1 heterocycles. The molecule has 1 aromatic rings. The summed E-state index contributed by atoms with van der Waals surface area (Å²) in [6.07, 6.45) is 10.2. The van der Waals surface area contributed by atoms with Crippen molar-refractivity contribution in [1.29, 1.82) is 0 Å². The molecule has 0 bridgehead atoms. The van der Waals surface area contributed by atoms with Crippen LogP contribution in [0.15, 0.2) is 0 Å². The first kappa shape index (κ1) is 13.4. The first-order valence-electron chi connectivity index (χ1n) is 7.62. The maximum absolute atomic E-state index is 6.33. The molecular weight excluding hydrogens is 222 g/mol. The van der Waals surface area contributed by atoms with Crippen LogP contribution in [0, 0.1) is 0 Å². The van der Waals surface area contributed by atoms with Gasteiger partial charge < -0.3 is 10.3 Å². The number of hydrogen-bond acceptors (Lipinski definition) is 2. The molecule has 0 atom stereocenters. The van der Waals surface area contributed by atoms with Crippen LogP contribution >= 0.6 is 0 Å². The molecule has 0 amide bonds. The highest BCUT2D eigenvalue weighted by molar-refractivity contribution is 5.41. The van der Waals surface area contributed by atoms with Gasteiger partial charge in [-0.1, -0.05) is 32.6 Å². The molecule has 2 N–H and O–H groups in total. The molecule has 1 saturated carbocycles. The largest absolute Gasteiger partial charge is 0.384 e. The zero-order valence-corrected chi connectivity index (χ0v) is 11.9. The van der Waals surface area contributed by atoms with Gasteiger partial charge in [-0.05, 0) is 26.2 Å². The van der Waals surface area contributed by atoms with Crippen LogP contribution in [0.2, 0.25) is 0 Å². The fourth-order valence-corrected chi connectivity index (χ4v) is 3.15. The van der Waals surface area contributed by atoms with Crippen LogP contribution < -0.4 is 5.73 Å². The van der Waals surface area contributed by atoms with Crippen LogP contribution in [0.1, 0.15) is 76.2 Å². The van der Waals surface area contributed by atoms with Crippen LogP contribution in [0.25, 0.3) is 0 Å². The van der Waals surface area contributed by atoms with E-state index in [4.69, 9.17) is 10.7 Å². The highest BCUT2D eigenvalue weighted by Gasteiger charge is 2.22. The Balaban J connectivity index is 2.25. The molecule has 1 aliphatic carbocycles. The lowest BCUT2D eigenvalue weighted by Gasteiger charge is -2.12. The van der Waals surface area contributed by atoms with Crippen molar-refractivity contribution in [2.75, 3.05) is 5.73 Å². The van der Waals surface area contributed by atoms with Gasteiger partial charge in [-0.15, -0.1) is 0 Å². The van der Waals surface area contributed by atoms with Crippen LogP contribution in [0.5, 0.6) is 0 Å². The molecule has 3 nitrogen and oxygen atoms in total. The molecule has 102 valence electrons. The number of imidazole rings is 1. The lowest BCUT2D eigenvalue weighted by atomic mass is 9.96. The van der Waals surface area contributed by atoms with Gasteiger partial charge in [0.15, 0.2) is 0 Å². The Kier molecular flexibility index (Phi) is 4.67. The summed E-state index contributed by atoms with van der Waals surface area (Å²) in [7, 11) is 0. The molecule has 18 heavy (non-hydrogen) atoms. The van der Waals surface area contributed by atoms with Gasteiger partial charge >= 0.3 is 0 Å². The third-order valence-corrected chi connectivity index (χ3v) is 4.15. The molecule has 2 rings (SSSR count).